The molecule has 0 unspecified atom stereocenters. The van der Waals surface area contributed by atoms with Crippen molar-refractivity contribution in [3.63, 3.8) is 0 Å². The van der Waals surface area contributed by atoms with Crippen LogP contribution in [0.3, 0.4) is 0 Å². The molecule has 0 saturated heterocycles. The minimum Gasteiger partial charge on any atom is -0.451 e. The van der Waals surface area contributed by atoms with Crippen molar-refractivity contribution >= 4 is 22.6 Å². The molecule has 1 aliphatic rings. The summed E-state index contributed by atoms with van der Waals surface area (Å²) < 4.78 is 8.09. The molecule has 0 radical (unpaired) electrons. The molecule has 3 heterocycles. The van der Waals surface area contributed by atoms with E-state index >= 15 is 0 Å². The van der Waals surface area contributed by atoms with Crippen molar-refractivity contribution < 1.29 is 9.21 Å². The Balaban J connectivity index is 1.32. The fourth-order valence-corrected chi connectivity index (χ4v) is 4.49. The Morgan fingerprint density at radius 1 is 1.16 bits per heavy atom. The van der Waals surface area contributed by atoms with Crippen LogP contribution in [-0.4, -0.2) is 20.7 Å². The second-order valence-corrected chi connectivity index (χ2v) is 8.36. The van der Waals surface area contributed by atoms with Gasteiger partial charge in [-0.05, 0) is 50.1 Å². The van der Waals surface area contributed by atoms with Gasteiger partial charge >= 0.3 is 0 Å². The molecule has 31 heavy (non-hydrogen) atoms. The van der Waals surface area contributed by atoms with Gasteiger partial charge in [-0.15, -0.1) is 10.2 Å². The Morgan fingerprint density at radius 2 is 1.97 bits per heavy atom. The second kappa shape index (κ2) is 7.69. The predicted molar refractivity (Wildman–Crippen MR) is 121 cm³/mol. The van der Waals surface area contributed by atoms with E-state index in [-0.39, 0.29) is 5.91 Å². The van der Waals surface area contributed by atoms with E-state index in [1.54, 1.807) is 0 Å². The summed E-state index contributed by atoms with van der Waals surface area (Å²) in [5, 5.41) is 12.6. The predicted octanol–water partition coefficient (Wildman–Crippen LogP) is 5.19. The van der Waals surface area contributed by atoms with Crippen LogP contribution in [0.1, 0.15) is 58.2 Å². The van der Waals surface area contributed by atoms with E-state index in [1.807, 2.05) is 38.1 Å². The SMILES string of the molecule is CCc1nnc2n1C[C@H](c1ccc(NC(=O)c3oc4ccc(C)cc4c3C)cc1)CC2. The molecule has 1 aliphatic heterocycles. The maximum Gasteiger partial charge on any atom is 0.291 e. The normalized spacial score (nSPS) is 15.8. The van der Waals surface area contributed by atoms with Crippen LogP contribution in [0.2, 0.25) is 0 Å². The number of hydrogen-bond acceptors (Lipinski definition) is 4. The monoisotopic (exact) mass is 414 g/mol. The third-order valence-electron chi connectivity index (χ3n) is 6.28. The highest BCUT2D eigenvalue weighted by molar-refractivity contribution is 6.06. The summed E-state index contributed by atoms with van der Waals surface area (Å²) in [5.74, 6) is 2.72. The number of rotatable bonds is 4. The number of fused-ring (bicyclic) bond motifs is 2. The molecule has 6 heteroatoms. The van der Waals surface area contributed by atoms with E-state index in [4.69, 9.17) is 4.42 Å². The van der Waals surface area contributed by atoms with E-state index < -0.39 is 0 Å². The fourth-order valence-electron chi connectivity index (χ4n) is 4.49. The third kappa shape index (κ3) is 3.52. The molecule has 2 aromatic heterocycles. The number of nitrogens with one attached hydrogen (secondary N) is 1. The molecule has 0 spiro atoms. The van der Waals surface area contributed by atoms with Gasteiger partial charge in [0, 0.05) is 41.9 Å². The summed E-state index contributed by atoms with van der Waals surface area (Å²) in [7, 11) is 0. The molecule has 5 rings (SSSR count). The molecule has 0 bridgehead atoms. The van der Waals surface area contributed by atoms with E-state index in [0.29, 0.717) is 11.7 Å². The van der Waals surface area contributed by atoms with Gasteiger partial charge in [0.1, 0.15) is 17.2 Å². The average molecular weight is 415 g/mol. The lowest BCUT2D eigenvalue weighted by Gasteiger charge is -2.24. The van der Waals surface area contributed by atoms with Gasteiger partial charge in [0.2, 0.25) is 0 Å². The van der Waals surface area contributed by atoms with Gasteiger partial charge in [-0.25, -0.2) is 0 Å². The fraction of sp³-hybridized carbons (Fsp3) is 0.320. The van der Waals surface area contributed by atoms with Crippen molar-refractivity contribution in [1.29, 1.82) is 0 Å². The molecule has 1 atom stereocenters. The summed E-state index contributed by atoms with van der Waals surface area (Å²) in [4.78, 5) is 12.8. The Kier molecular flexibility index (Phi) is 4.85. The number of amides is 1. The molecule has 4 aromatic rings. The minimum absolute atomic E-state index is 0.224. The van der Waals surface area contributed by atoms with E-state index in [1.165, 1.54) is 5.56 Å². The van der Waals surface area contributed by atoms with Crippen molar-refractivity contribution in [2.75, 3.05) is 5.32 Å². The Bertz CT molecular complexity index is 1250. The maximum atomic E-state index is 12.8. The molecular formula is C25H26N4O2. The van der Waals surface area contributed by atoms with Crippen molar-refractivity contribution in [2.24, 2.45) is 0 Å². The van der Waals surface area contributed by atoms with Gasteiger partial charge in [-0.1, -0.05) is 30.7 Å². The first-order chi connectivity index (χ1) is 15.0. The summed E-state index contributed by atoms with van der Waals surface area (Å²) in [6.45, 7) is 6.99. The number of hydrogen-bond donors (Lipinski definition) is 1. The lowest BCUT2D eigenvalue weighted by molar-refractivity contribution is 0.0998. The van der Waals surface area contributed by atoms with E-state index in [9.17, 15) is 4.79 Å². The molecule has 0 saturated carbocycles. The molecule has 2 aromatic carbocycles. The van der Waals surface area contributed by atoms with Gasteiger partial charge in [-0.2, -0.15) is 0 Å². The standard InChI is InChI=1S/C25H26N4O2/c1-4-22-27-28-23-12-8-18(14-29(22)23)17-6-9-19(10-7-17)26-25(30)24-16(3)20-13-15(2)5-11-21(20)31-24/h5-7,9-11,13,18H,4,8,12,14H2,1-3H3,(H,26,30)/t18-/m1/s1. The molecule has 158 valence electrons. The molecule has 0 aliphatic carbocycles. The summed E-state index contributed by atoms with van der Waals surface area (Å²) in [5.41, 5.74) is 4.79. The van der Waals surface area contributed by atoms with Crippen molar-refractivity contribution in [3.8, 4) is 0 Å². The van der Waals surface area contributed by atoms with Crippen LogP contribution in [0.4, 0.5) is 5.69 Å². The van der Waals surface area contributed by atoms with Crippen LogP contribution in [-0.2, 0) is 19.4 Å². The number of benzene rings is 2. The largest absolute Gasteiger partial charge is 0.451 e. The van der Waals surface area contributed by atoms with Gasteiger partial charge in [0.15, 0.2) is 5.76 Å². The van der Waals surface area contributed by atoms with Gasteiger partial charge in [0.25, 0.3) is 5.91 Å². The van der Waals surface area contributed by atoms with Crippen LogP contribution < -0.4 is 5.32 Å². The van der Waals surface area contributed by atoms with Crippen LogP contribution in [0.15, 0.2) is 46.9 Å². The zero-order valence-electron chi connectivity index (χ0n) is 18.1. The summed E-state index contributed by atoms with van der Waals surface area (Å²) in [6, 6.07) is 14.1. The van der Waals surface area contributed by atoms with Crippen molar-refractivity contribution in [1.82, 2.24) is 14.8 Å². The van der Waals surface area contributed by atoms with Gasteiger partial charge < -0.3 is 14.3 Å². The topological polar surface area (TPSA) is 73.0 Å². The number of carbonyl (C=O) groups excluding carboxylic acids is 1. The molecule has 1 amide bonds. The number of furan rings is 1. The summed E-state index contributed by atoms with van der Waals surface area (Å²) in [6.07, 6.45) is 2.90. The Hall–Kier alpha value is -3.41. The van der Waals surface area contributed by atoms with Crippen LogP contribution >= 0.6 is 0 Å². The van der Waals surface area contributed by atoms with E-state index in [2.05, 4.69) is 45.2 Å². The van der Waals surface area contributed by atoms with Crippen LogP contribution in [0.5, 0.6) is 0 Å². The third-order valence-corrected chi connectivity index (χ3v) is 6.28. The zero-order valence-corrected chi connectivity index (χ0v) is 18.1. The number of aryl methyl sites for hydroxylation is 4. The number of nitrogens with zero attached hydrogens (tertiary/aromatic N) is 3. The lowest BCUT2D eigenvalue weighted by atomic mass is 9.91. The first-order valence-electron chi connectivity index (χ1n) is 10.9. The molecular weight excluding hydrogens is 388 g/mol. The average Bonchev–Trinajstić information content (AvgIpc) is 3.34. The Labute approximate surface area is 181 Å². The minimum atomic E-state index is -0.224. The lowest BCUT2D eigenvalue weighted by Crippen LogP contribution is -2.20. The van der Waals surface area contributed by atoms with Crippen LogP contribution in [0, 0.1) is 13.8 Å². The number of aromatic nitrogens is 3. The molecule has 6 nitrogen and oxygen atoms in total. The van der Waals surface area contributed by atoms with Crippen LogP contribution in [0.25, 0.3) is 11.0 Å². The van der Waals surface area contributed by atoms with Gasteiger partial charge in [0.05, 0.1) is 0 Å². The number of anilines is 1. The van der Waals surface area contributed by atoms with E-state index in [0.717, 1.165) is 65.2 Å². The first-order valence-corrected chi connectivity index (χ1v) is 10.9. The van der Waals surface area contributed by atoms with Crippen molar-refractivity contribution in [2.45, 2.75) is 52.5 Å². The highest BCUT2D eigenvalue weighted by Crippen LogP contribution is 2.30. The van der Waals surface area contributed by atoms with Gasteiger partial charge in [-0.3, -0.25) is 4.79 Å². The number of carbonyl (C=O) groups is 1. The Morgan fingerprint density at radius 3 is 2.74 bits per heavy atom. The maximum absolute atomic E-state index is 12.8. The zero-order chi connectivity index (χ0) is 21.5. The molecule has 0 fully saturated rings. The summed E-state index contributed by atoms with van der Waals surface area (Å²) >= 11 is 0. The molecule has 1 N–H and O–H groups in total. The van der Waals surface area contributed by atoms with Crippen molar-refractivity contribution in [3.05, 3.63) is 76.6 Å². The quantitative estimate of drug-likeness (QED) is 0.499. The smallest absolute Gasteiger partial charge is 0.291 e. The highest BCUT2D eigenvalue weighted by Gasteiger charge is 2.24. The highest BCUT2D eigenvalue weighted by atomic mass is 16.3. The first kappa shape index (κ1) is 19.5. The second-order valence-electron chi connectivity index (χ2n) is 8.36.